The minimum absolute atomic E-state index is 0.0953. The molecular weight excluding hydrogens is 639 g/mol. The van der Waals surface area contributed by atoms with E-state index in [9.17, 15) is 0 Å². The van der Waals surface area contributed by atoms with Crippen LogP contribution in [0, 0.1) is 0 Å². The highest BCUT2D eigenvalue weighted by atomic mass is 16.5. The molecule has 0 spiro atoms. The van der Waals surface area contributed by atoms with Crippen LogP contribution in [0.15, 0.2) is 168 Å². The van der Waals surface area contributed by atoms with Crippen LogP contribution < -0.4 is 4.74 Å². The first kappa shape index (κ1) is 28.9. The third kappa shape index (κ3) is 4.53. The van der Waals surface area contributed by atoms with Gasteiger partial charge in [0.2, 0.25) is 0 Å². The second kappa shape index (κ2) is 11.3. The van der Waals surface area contributed by atoms with Gasteiger partial charge in [-0.3, -0.25) is 0 Å². The smallest absolute Gasteiger partial charge is 0.167 e. The van der Waals surface area contributed by atoms with E-state index in [2.05, 4.69) is 133 Å². The molecule has 0 saturated heterocycles. The highest BCUT2D eigenvalue weighted by molar-refractivity contribution is 6.09. The van der Waals surface area contributed by atoms with Crippen molar-refractivity contribution >= 4 is 49.1 Å². The molecule has 0 radical (unpaired) electrons. The summed E-state index contributed by atoms with van der Waals surface area (Å²) in [4.78, 5) is 15.6. The zero-order chi connectivity index (χ0) is 34.2. The van der Waals surface area contributed by atoms with Gasteiger partial charge in [-0.2, -0.15) is 0 Å². The van der Waals surface area contributed by atoms with Crippen molar-refractivity contribution in [1.29, 1.82) is 0 Å². The fraction of sp³-hybridized carbons (Fsp3) is 0.0426. The Morgan fingerprint density at radius 2 is 1.15 bits per heavy atom. The fourth-order valence-electron chi connectivity index (χ4n) is 7.98. The van der Waals surface area contributed by atoms with Gasteiger partial charge >= 0.3 is 0 Å². The zero-order valence-corrected chi connectivity index (χ0v) is 27.9. The summed E-state index contributed by atoms with van der Waals surface area (Å²) >= 11 is 0. The first-order valence-corrected chi connectivity index (χ1v) is 17.6. The molecule has 244 valence electrons. The van der Waals surface area contributed by atoms with E-state index in [1.165, 1.54) is 10.8 Å². The highest BCUT2D eigenvalue weighted by Crippen LogP contribution is 2.51. The maximum atomic E-state index is 6.82. The molecule has 2 unspecified atom stereocenters. The van der Waals surface area contributed by atoms with Gasteiger partial charge in [0.15, 0.2) is 17.5 Å². The van der Waals surface area contributed by atoms with Crippen LogP contribution in [0.4, 0.5) is 0 Å². The Kier molecular flexibility index (Phi) is 6.31. The number of aromatic nitrogens is 3. The average molecular weight is 668 g/mol. The third-order valence-electron chi connectivity index (χ3n) is 10.5. The lowest BCUT2D eigenvalue weighted by Crippen LogP contribution is -2.20. The number of benzene rings is 7. The summed E-state index contributed by atoms with van der Waals surface area (Å²) < 4.78 is 13.3. The predicted octanol–water partition coefficient (Wildman–Crippen LogP) is 11.6. The third-order valence-corrected chi connectivity index (χ3v) is 10.5. The van der Waals surface area contributed by atoms with Gasteiger partial charge in [0, 0.05) is 33.0 Å². The Balaban J connectivity index is 1.09. The van der Waals surface area contributed by atoms with Crippen LogP contribution in [0.25, 0.3) is 83.0 Å². The predicted molar refractivity (Wildman–Crippen MR) is 209 cm³/mol. The number of fused-ring (bicyclic) bond motifs is 8. The number of nitrogens with zero attached hydrogens (tertiary/aromatic N) is 3. The summed E-state index contributed by atoms with van der Waals surface area (Å²) in [7, 11) is 0. The molecule has 9 aromatic rings. The molecule has 2 aliphatic rings. The summed E-state index contributed by atoms with van der Waals surface area (Å²) in [6.07, 6.45) is 6.14. The number of allylic oxidation sites excluding steroid dienone is 2. The minimum Gasteiger partial charge on any atom is -0.484 e. The molecule has 1 aliphatic heterocycles. The van der Waals surface area contributed by atoms with E-state index < -0.39 is 0 Å². The van der Waals surface area contributed by atoms with Crippen LogP contribution >= 0.6 is 0 Å². The SMILES string of the molecule is C1=CC2Oc3c(-c4ccc5ccccc5c4)cccc3C2C(c2nc(-c3ccc4ccccc4c3)nc(-c3cccc4c3oc3ccccc34)n2)=C1. The maximum absolute atomic E-state index is 6.82. The Morgan fingerprint density at radius 1 is 0.500 bits per heavy atom. The van der Waals surface area contributed by atoms with Gasteiger partial charge in [0.25, 0.3) is 0 Å². The number of para-hydroxylation sites is 3. The molecule has 52 heavy (non-hydrogen) atoms. The lowest BCUT2D eigenvalue weighted by molar-refractivity contribution is 0.272. The fourth-order valence-corrected chi connectivity index (χ4v) is 7.98. The molecule has 0 saturated carbocycles. The quantitative estimate of drug-likeness (QED) is 0.187. The Hall–Kier alpha value is -6.85. The lowest BCUT2D eigenvalue weighted by Gasteiger charge is -2.22. The molecule has 5 nitrogen and oxygen atoms in total. The van der Waals surface area contributed by atoms with Gasteiger partial charge in [-0.25, -0.2) is 15.0 Å². The van der Waals surface area contributed by atoms with E-state index in [1.54, 1.807) is 0 Å². The van der Waals surface area contributed by atoms with Crippen LogP contribution in [0.3, 0.4) is 0 Å². The van der Waals surface area contributed by atoms with Crippen molar-refractivity contribution in [2.24, 2.45) is 0 Å². The van der Waals surface area contributed by atoms with Crippen molar-refractivity contribution in [1.82, 2.24) is 15.0 Å². The van der Waals surface area contributed by atoms with Crippen molar-refractivity contribution in [3.8, 4) is 39.7 Å². The van der Waals surface area contributed by atoms with Crippen LogP contribution in [0.2, 0.25) is 0 Å². The molecule has 0 bridgehead atoms. The first-order valence-electron chi connectivity index (χ1n) is 17.6. The Morgan fingerprint density at radius 3 is 2.00 bits per heavy atom. The van der Waals surface area contributed by atoms with E-state index in [4.69, 9.17) is 24.1 Å². The van der Waals surface area contributed by atoms with Gasteiger partial charge in [-0.15, -0.1) is 0 Å². The average Bonchev–Trinajstić information content (AvgIpc) is 3.79. The number of ether oxygens (including phenoxy) is 1. The summed E-state index contributed by atoms with van der Waals surface area (Å²) in [5.74, 6) is 2.60. The van der Waals surface area contributed by atoms with Crippen LogP contribution in [0.1, 0.15) is 17.3 Å². The molecule has 0 amide bonds. The number of hydrogen-bond donors (Lipinski definition) is 0. The van der Waals surface area contributed by atoms with Crippen molar-refractivity contribution in [3.05, 3.63) is 175 Å². The van der Waals surface area contributed by atoms with Crippen LogP contribution in [-0.4, -0.2) is 21.1 Å². The monoisotopic (exact) mass is 667 g/mol. The summed E-state index contributed by atoms with van der Waals surface area (Å²) in [6.45, 7) is 0. The first-order chi connectivity index (χ1) is 25.7. The molecule has 11 rings (SSSR count). The number of hydrogen-bond acceptors (Lipinski definition) is 5. The van der Waals surface area contributed by atoms with Gasteiger partial charge in [-0.05, 0) is 57.4 Å². The number of rotatable bonds is 4. The van der Waals surface area contributed by atoms with Gasteiger partial charge in [0.05, 0.1) is 11.5 Å². The summed E-state index contributed by atoms with van der Waals surface area (Å²) in [6, 6.07) is 50.6. The minimum atomic E-state index is -0.195. The van der Waals surface area contributed by atoms with Gasteiger partial charge in [-0.1, -0.05) is 133 Å². The topological polar surface area (TPSA) is 61.0 Å². The summed E-state index contributed by atoms with van der Waals surface area (Å²) in [5, 5.41) is 6.80. The molecule has 2 aromatic heterocycles. The van der Waals surface area contributed by atoms with Crippen LogP contribution in [0.5, 0.6) is 5.75 Å². The van der Waals surface area contributed by atoms with E-state index in [-0.39, 0.29) is 12.0 Å². The molecule has 3 heterocycles. The largest absolute Gasteiger partial charge is 0.484 e. The van der Waals surface area contributed by atoms with Crippen LogP contribution in [-0.2, 0) is 0 Å². The van der Waals surface area contributed by atoms with Gasteiger partial charge in [0.1, 0.15) is 23.0 Å². The van der Waals surface area contributed by atoms with E-state index >= 15 is 0 Å². The molecule has 0 N–H and O–H groups in total. The number of furan rings is 1. The summed E-state index contributed by atoms with van der Waals surface area (Å²) in [5.41, 5.74) is 7.66. The maximum Gasteiger partial charge on any atom is 0.167 e. The molecule has 2 atom stereocenters. The van der Waals surface area contributed by atoms with E-state index in [1.807, 2.05) is 30.3 Å². The molecule has 5 heteroatoms. The molecule has 7 aromatic carbocycles. The lowest BCUT2D eigenvalue weighted by atomic mass is 9.83. The highest BCUT2D eigenvalue weighted by Gasteiger charge is 2.40. The van der Waals surface area contributed by atoms with Crippen molar-refractivity contribution in [2.45, 2.75) is 12.0 Å². The molecule has 0 fully saturated rings. The normalized spacial score (nSPS) is 16.3. The van der Waals surface area contributed by atoms with Crippen molar-refractivity contribution in [2.75, 3.05) is 0 Å². The standard InChI is InChI=1S/C47H29N3O2/c1-3-12-30-26-32(24-22-28(30)10-1)34-15-7-17-37-42-38(18-9-21-41(42)52-43(34)37)46-48-45(33-25-23-29-11-2-4-13-31(29)27-33)49-47(50-46)39-19-8-16-36-35-14-5-6-20-40(35)51-44(36)39/h1-27,41-42H. The molecular formula is C47H29N3O2. The second-order valence-electron chi connectivity index (χ2n) is 13.5. The van der Waals surface area contributed by atoms with Crippen molar-refractivity contribution < 1.29 is 9.15 Å². The molecule has 1 aliphatic carbocycles. The Bertz CT molecular complexity index is 2970. The van der Waals surface area contributed by atoms with Crippen molar-refractivity contribution in [3.63, 3.8) is 0 Å². The van der Waals surface area contributed by atoms with E-state index in [0.717, 1.165) is 71.9 Å². The zero-order valence-electron chi connectivity index (χ0n) is 27.9. The Labute approximate surface area is 299 Å². The van der Waals surface area contributed by atoms with E-state index in [0.29, 0.717) is 17.5 Å². The second-order valence-corrected chi connectivity index (χ2v) is 13.5. The van der Waals surface area contributed by atoms with Gasteiger partial charge < -0.3 is 9.15 Å².